The zero-order valence-electron chi connectivity index (χ0n) is 8.38. The topological polar surface area (TPSA) is 80.9 Å². The zero-order chi connectivity index (χ0) is 11.4. The Morgan fingerprint density at radius 3 is 3.06 bits per heavy atom. The van der Waals surface area contributed by atoms with E-state index in [0.29, 0.717) is 17.9 Å². The number of benzene rings is 1. The average molecular weight is 234 g/mol. The summed E-state index contributed by atoms with van der Waals surface area (Å²) >= 11 is 1.01. The van der Waals surface area contributed by atoms with E-state index in [1.807, 2.05) is 18.2 Å². The van der Waals surface area contributed by atoms with Crippen molar-refractivity contribution in [2.45, 2.75) is 6.54 Å². The molecule has 2 rings (SSSR count). The molecule has 5 nitrogen and oxygen atoms in total. The molecule has 0 atom stereocenters. The molecular formula is C10H10N4OS. The number of anilines is 1. The first kappa shape index (κ1) is 10.7. The van der Waals surface area contributed by atoms with Crippen LogP contribution >= 0.6 is 11.7 Å². The lowest BCUT2D eigenvalue weighted by Crippen LogP contribution is -2.12. The Labute approximate surface area is 96.6 Å². The minimum atomic E-state index is -0.261. The number of aromatic nitrogens is 2. The third-order valence-corrected chi connectivity index (χ3v) is 2.49. The number of hydrogen-bond donors (Lipinski definition) is 2. The van der Waals surface area contributed by atoms with Crippen molar-refractivity contribution in [2.24, 2.45) is 5.73 Å². The molecule has 0 aliphatic carbocycles. The SMILES string of the molecule is NCc1cccc(NC(=O)c2cnsn2)c1. The van der Waals surface area contributed by atoms with Crippen LogP contribution in [0, 0.1) is 0 Å². The van der Waals surface area contributed by atoms with Crippen LogP contribution in [0.5, 0.6) is 0 Å². The van der Waals surface area contributed by atoms with Crippen LogP contribution in [0.3, 0.4) is 0 Å². The summed E-state index contributed by atoms with van der Waals surface area (Å²) in [5, 5.41) is 2.73. The first-order valence-electron chi connectivity index (χ1n) is 4.67. The molecule has 1 amide bonds. The summed E-state index contributed by atoms with van der Waals surface area (Å²) < 4.78 is 7.62. The molecule has 0 aliphatic heterocycles. The van der Waals surface area contributed by atoms with E-state index in [2.05, 4.69) is 14.1 Å². The summed E-state index contributed by atoms with van der Waals surface area (Å²) in [7, 11) is 0. The van der Waals surface area contributed by atoms with E-state index < -0.39 is 0 Å². The lowest BCUT2D eigenvalue weighted by Gasteiger charge is -2.04. The van der Waals surface area contributed by atoms with Gasteiger partial charge in [0, 0.05) is 12.2 Å². The molecule has 0 spiro atoms. The second kappa shape index (κ2) is 4.82. The molecule has 0 aliphatic rings. The summed E-state index contributed by atoms with van der Waals surface area (Å²) in [6.45, 7) is 0.446. The smallest absolute Gasteiger partial charge is 0.277 e. The quantitative estimate of drug-likeness (QED) is 0.837. The number of rotatable bonds is 3. The van der Waals surface area contributed by atoms with E-state index >= 15 is 0 Å². The highest BCUT2D eigenvalue weighted by molar-refractivity contribution is 6.99. The molecule has 1 heterocycles. The molecule has 0 radical (unpaired) electrons. The Bertz CT molecular complexity index is 483. The molecule has 0 bridgehead atoms. The maximum atomic E-state index is 11.6. The van der Waals surface area contributed by atoms with Gasteiger partial charge in [0.15, 0.2) is 5.69 Å². The Kier molecular flexibility index (Phi) is 3.23. The molecule has 1 aromatic carbocycles. The van der Waals surface area contributed by atoms with Gasteiger partial charge in [0.25, 0.3) is 5.91 Å². The zero-order valence-corrected chi connectivity index (χ0v) is 9.20. The van der Waals surface area contributed by atoms with E-state index in [1.54, 1.807) is 6.07 Å². The fraction of sp³-hybridized carbons (Fsp3) is 0.100. The van der Waals surface area contributed by atoms with Crippen LogP contribution in [0.2, 0.25) is 0 Å². The van der Waals surface area contributed by atoms with Crippen molar-refractivity contribution in [3.63, 3.8) is 0 Å². The lowest BCUT2D eigenvalue weighted by molar-refractivity contribution is 0.102. The summed E-state index contributed by atoms with van der Waals surface area (Å²) in [4.78, 5) is 11.6. The summed E-state index contributed by atoms with van der Waals surface area (Å²) in [6.07, 6.45) is 1.44. The van der Waals surface area contributed by atoms with Gasteiger partial charge in [-0.15, -0.1) is 0 Å². The highest BCUT2D eigenvalue weighted by Gasteiger charge is 2.08. The molecule has 3 N–H and O–H groups in total. The molecule has 0 unspecified atom stereocenters. The molecule has 0 fully saturated rings. The van der Waals surface area contributed by atoms with E-state index in [9.17, 15) is 4.79 Å². The number of carbonyl (C=O) groups is 1. The fourth-order valence-corrected chi connectivity index (χ4v) is 1.65. The third kappa shape index (κ3) is 2.41. The number of carbonyl (C=O) groups excluding carboxylic acids is 1. The Morgan fingerprint density at radius 2 is 2.38 bits per heavy atom. The van der Waals surface area contributed by atoms with Gasteiger partial charge in [0.05, 0.1) is 17.9 Å². The summed E-state index contributed by atoms with van der Waals surface area (Å²) in [6, 6.07) is 7.38. The number of nitrogens with two attached hydrogens (primary N) is 1. The summed E-state index contributed by atoms with van der Waals surface area (Å²) in [5.74, 6) is -0.261. The van der Waals surface area contributed by atoms with E-state index in [-0.39, 0.29) is 5.91 Å². The number of nitrogens with zero attached hydrogens (tertiary/aromatic N) is 2. The average Bonchev–Trinajstić information content (AvgIpc) is 2.83. The van der Waals surface area contributed by atoms with Crippen molar-refractivity contribution >= 4 is 23.3 Å². The van der Waals surface area contributed by atoms with Gasteiger partial charge in [-0.2, -0.15) is 8.75 Å². The molecule has 0 saturated heterocycles. The molecule has 82 valence electrons. The van der Waals surface area contributed by atoms with Crippen LogP contribution < -0.4 is 11.1 Å². The van der Waals surface area contributed by atoms with Crippen molar-refractivity contribution in [3.05, 3.63) is 41.7 Å². The van der Waals surface area contributed by atoms with Gasteiger partial charge in [-0.05, 0) is 17.7 Å². The van der Waals surface area contributed by atoms with E-state index in [1.165, 1.54) is 6.20 Å². The molecule has 6 heteroatoms. The molecule has 1 aromatic heterocycles. The number of nitrogens with one attached hydrogen (secondary N) is 1. The Balaban J connectivity index is 2.12. The minimum absolute atomic E-state index is 0.261. The lowest BCUT2D eigenvalue weighted by atomic mass is 10.2. The van der Waals surface area contributed by atoms with Gasteiger partial charge >= 0.3 is 0 Å². The second-order valence-corrected chi connectivity index (χ2v) is 3.71. The van der Waals surface area contributed by atoms with Crippen molar-refractivity contribution in [1.29, 1.82) is 0 Å². The molecule has 2 aromatic rings. The van der Waals surface area contributed by atoms with Gasteiger partial charge in [-0.25, -0.2) is 0 Å². The van der Waals surface area contributed by atoms with Crippen LogP contribution in [0.25, 0.3) is 0 Å². The van der Waals surface area contributed by atoms with Crippen LogP contribution in [-0.2, 0) is 6.54 Å². The van der Waals surface area contributed by atoms with Gasteiger partial charge < -0.3 is 11.1 Å². The van der Waals surface area contributed by atoms with E-state index in [4.69, 9.17) is 5.73 Å². The van der Waals surface area contributed by atoms with Crippen LogP contribution in [0.15, 0.2) is 30.5 Å². The summed E-state index contributed by atoms with van der Waals surface area (Å²) in [5.41, 5.74) is 7.51. The van der Waals surface area contributed by atoms with Gasteiger partial charge in [-0.1, -0.05) is 12.1 Å². The van der Waals surface area contributed by atoms with Gasteiger partial charge in [0.2, 0.25) is 0 Å². The maximum absolute atomic E-state index is 11.6. The second-order valence-electron chi connectivity index (χ2n) is 3.15. The fourth-order valence-electron chi connectivity index (χ4n) is 1.24. The van der Waals surface area contributed by atoms with E-state index in [0.717, 1.165) is 17.3 Å². The van der Waals surface area contributed by atoms with Gasteiger partial charge in [0.1, 0.15) is 0 Å². The van der Waals surface area contributed by atoms with Gasteiger partial charge in [-0.3, -0.25) is 4.79 Å². The van der Waals surface area contributed by atoms with Crippen LogP contribution in [0.1, 0.15) is 16.1 Å². The van der Waals surface area contributed by atoms with Crippen molar-refractivity contribution in [3.8, 4) is 0 Å². The third-order valence-electron chi connectivity index (χ3n) is 2.01. The monoisotopic (exact) mass is 234 g/mol. The first-order chi connectivity index (χ1) is 7.79. The highest BCUT2D eigenvalue weighted by atomic mass is 32.1. The molecule has 16 heavy (non-hydrogen) atoms. The largest absolute Gasteiger partial charge is 0.326 e. The Hall–Kier alpha value is -1.79. The number of hydrogen-bond acceptors (Lipinski definition) is 5. The van der Waals surface area contributed by atoms with Crippen LogP contribution in [0.4, 0.5) is 5.69 Å². The first-order valence-corrected chi connectivity index (χ1v) is 5.40. The molecular weight excluding hydrogens is 224 g/mol. The standard InChI is InChI=1S/C10H10N4OS/c11-5-7-2-1-3-8(4-7)13-10(15)9-6-12-16-14-9/h1-4,6H,5,11H2,(H,13,15). The normalized spacial score (nSPS) is 10.1. The number of amides is 1. The maximum Gasteiger partial charge on any atom is 0.277 e. The van der Waals surface area contributed by atoms with Crippen LogP contribution in [-0.4, -0.2) is 14.7 Å². The Morgan fingerprint density at radius 1 is 1.50 bits per heavy atom. The van der Waals surface area contributed by atoms with Crippen molar-refractivity contribution in [1.82, 2.24) is 8.75 Å². The molecule has 0 saturated carbocycles. The van der Waals surface area contributed by atoms with Crippen molar-refractivity contribution in [2.75, 3.05) is 5.32 Å². The predicted molar refractivity (Wildman–Crippen MR) is 62.2 cm³/mol. The van der Waals surface area contributed by atoms with Crippen molar-refractivity contribution < 1.29 is 4.79 Å². The highest BCUT2D eigenvalue weighted by Crippen LogP contribution is 2.11. The minimum Gasteiger partial charge on any atom is -0.326 e. The predicted octanol–water partition coefficient (Wildman–Crippen LogP) is 1.25.